The second-order valence-electron chi connectivity index (χ2n) is 4.26. The zero-order chi connectivity index (χ0) is 12.3. The number of hydrogen-bond donors (Lipinski definition) is 1. The van der Waals surface area contributed by atoms with Crippen molar-refractivity contribution in [2.75, 3.05) is 0 Å². The van der Waals surface area contributed by atoms with E-state index in [-0.39, 0.29) is 6.04 Å². The molecule has 0 aliphatic carbocycles. The number of thiophene rings is 1. The Morgan fingerprint density at radius 1 is 1.53 bits per heavy atom. The van der Waals surface area contributed by atoms with E-state index in [1.165, 1.54) is 4.88 Å². The van der Waals surface area contributed by atoms with Gasteiger partial charge in [0.05, 0.1) is 6.04 Å². The van der Waals surface area contributed by atoms with Crippen LogP contribution in [0.25, 0.3) is 0 Å². The van der Waals surface area contributed by atoms with Gasteiger partial charge in [-0.05, 0) is 24.8 Å². The van der Waals surface area contributed by atoms with Crippen molar-refractivity contribution >= 4 is 11.3 Å². The predicted molar refractivity (Wildman–Crippen MR) is 72.1 cm³/mol. The van der Waals surface area contributed by atoms with Gasteiger partial charge < -0.3 is 4.57 Å². The van der Waals surface area contributed by atoms with Gasteiger partial charge in [0.25, 0.3) is 0 Å². The van der Waals surface area contributed by atoms with E-state index in [0.29, 0.717) is 6.04 Å². The van der Waals surface area contributed by atoms with Crippen LogP contribution in [0.1, 0.15) is 43.1 Å². The molecule has 2 atom stereocenters. The molecular formula is C13H19N3S. The van der Waals surface area contributed by atoms with Gasteiger partial charge >= 0.3 is 0 Å². The molecule has 0 fully saturated rings. The Bertz CT molecular complexity index is 447. The van der Waals surface area contributed by atoms with Gasteiger partial charge in [-0.15, -0.1) is 11.3 Å². The molecule has 3 nitrogen and oxygen atoms in total. The zero-order valence-electron chi connectivity index (χ0n) is 10.6. The second-order valence-corrected chi connectivity index (χ2v) is 5.24. The molecule has 0 bridgehead atoms. The summed E-state index contributed by atoms with van der Waals surface area (Å²) in [5, 5.41) is 5.77. The molecule has 0 saturated carbocycles. The fourth-order valence-corrected chi connectivity index (χ4v) is 2.93. The molecule has 4 heteroatoms. The summed E-state index contributed by atoms with van der Waals surface area (Å²) in [7, 11) is 2.03. The molecule has 2 heterocycles. The number of rotatable bonds is 5. The Morgan fingerprint density at radius 2 is 2.35 bits per heavy atom. The lowest BCUT2D eigenvalue weighted by molar-refractivity contribution is 0.440. The molecule has 0 aliphatic heterocycles. The van der Waals surface area contributed by atoms with Gasteiger partial charge in [-0.3, -0.25) is 5.32 Å². The molecule has 2 unspecified atom stereocenters. The van der Waals surface area contributed by atoms with Crippen molar-refractivity contribution in [1.82, 2.24) is 14.9 Å². The molecule has 0 aromatic carbocycles. The summed E-state index contributed by atoms with van der Waals surface area (Å²) < 4.78 is 2.07. The second kappa shape index (κ2) is 5.47. The molecule has 2 aromatic heterocycles. The van der Waals surface area contributed by atoms with Crippen molar-refractivity contribution in [3.8, 4) is 0 Å². The molecule has 0 radical (unpaired) electrons. The summed E-state index contributed by atoms with van der Waals surface area (Å²) in [5.74, 6) is 1.08. The third-order valence-electron chi connectivity index (χ3n) is 2.99. The van der Waals surface area contributed by atoms with Gasteiger partial charge in [-0.25, -0.2) is 4.98 Å². The van der Waals surface area contributed by atoms with Crippen molar-refractivity contribution in [3.63, 3.8) is 0 Å². The van der Waals surface area contributed by atoms with Crippen molar-refractivity contribution in [2.24, 2.45) is 7.05 Å². The monoisotopic (exact) mass is 249 g/mol. The molecule has 2 aromatic rings. The first-order valence-corrected chi connectivity index (χ1v) is 6.87. The van der Waals surface area contributed by atoms with E-state index in [0.717, 1.165) is 12.2 Å². The first-order chi connectivity index (χ1) is 8.22. The van der Waals surface area contributed by atoms with Crippen LogP contribution < -0.4 is 5.32 Å². The van der Waals surface area contributed by atoms with Crippen LogP contribution in [0, 0.1) is 0 Å². The molecule has 0 spiro atoms. The smallest absolute Gasteiger partial charge is 0.125 e. The third-order valence-corrected chi connectivity index (χ3v) is 3.98. The lowest BCUT2D eigenvalue weighted by Crippen LogP contribution is -2.25. The van der Waals surface area contributed by atoms with Crippen LogP contribution in [0.3, 0.4) is 0 Å². The molecule has 17 heavy (non-hydrogen) atoms. The van der Waals surface area contributed by atoms with Gasteiger partial charge in [0.1, 0.15) is 5.82 Å². The summed E-state index contributed by atoms with van der Waals surface area (Å²) in [6.07, 6.45) is 4.93. The number of hydrogen-bond acceptors (Lipinski definition) is 3. The van der Waals surface area contributed by atoms with Crippen LogP contribution in [0.2, 0.25) is 0 Å². The van der Waals surface area contributed by atoms with Gasteiger partial charge in [-0.2, -0.15) is 0 Å². The molecule has 0 aliphatic rings. The minimum Gasteiger partial charge on any atom is -0.337 e. The van der Waals surface area contributed by atoms with E-state index in [4.69, 9.17) is 0 Å². The predicted octanol–water partition coefficient (Wildman–Crippen LogP) is 3.28. The lowest BCUT2D eigenvalue weighted by atomic mass is 10.1. The van der Waals surface area contributed by atoms with Crippen LogP contribution in [0.5, 0.6) is 0 Å². The molecule has 0 amide bonds. The highest BCUT2D eigenvalue weighted by Gasteiger charge is 2.16. The normalized spacial score (nSPS) is 14.8. The maximum Gasteiger partial charge on any atom is 0.125 e. The van der Waals surface area contributed by atoms with Gasteiger partial charge in [0.15, 0.2) is 0 Å². The number of nitrogens with one attached hydrogen (secondary N) is 1. The van der Waals surface area contributed by atoms with Crippen molar-refractivity contribution in [1.29, 1.82) is 0 Å². The van der Waals surface area contributed by atoms with Gasteiger partial charge in [0, 0.05) is 30.4 Å². The lowest BCUT2D eigenvalue weighted by Gasteiger charge is -2.21. The summed E-state index contributed by atoms with van der Waals surface area (Å²) in [4.78, 5) is 5.79. The standard InChI is InChI=1S/C13H19N3S/c1-4-11(12-6-5-9-17-12)15-10(2)13-14-7-8-16(13)3/h5-11,15H,4H2,1-3H3. The van der Waals surface area contributed by atoms with E-state index in [2.05, 4.69) is 46.2 Å². The van der Waals surface area contributed by atoms with E-state index >= 15 is 0 Å². The summed E-state index contributed by atoms with van der Waals surface area (Å²) in [6.45, 7) is 4.38. The highest BCUT2D eigenvalue weighted by atomic mass is 32.1. The van der Waals surface area contributed by atoms with Gasteiger partial charge in [-0.1, -0.05) is 13.0 Å². The summed E-state index contributed by atoms with van der Waals surface area (Å²) in [6, 6.07) is 4.98. The van der Waals surface area contributed by atoms with Crippen LogP contribution in [0.15, 0.2) is 29.9 Å². The van der Waals surface area contributed by atoms with E-state index in [1.54, 1.807) is 0 Å². The first-order valence-electron chi connectivity index (χ1n) is 5.99. The SMILES string of the molecule is CCC(NC(C)c1nccn1C)c1cccs1. The van der Waals surface area contributed by atoms with Crippen LogP contribution in [0.4, 0.5) is 0 Å². The number of aryl methyl sites for hydroxylation is 1. The van der Waals surface area contributed by atoms with E-state index in [1.807, 2.05) is 30.8 Å². The Labute approximate surface area is 107 Å². The molecule has 2 rings (SSSR count). The van der Waals surface area contributed by atoms with Crippen molar-refractivity contribution in [2.45, 2.75) is 32.4 Å². The van der Waals surface area contributed by atoms with Crippen LogP contribution in [-0.4, -0.2) is 9.55 Å². The maximum absolute atomic E-state index is 4.39. The number of nitrogens with zero attached hydrogens (tertiary/aromatic N) is 2. The Hall–Kier alpha value is -1.13. The molecule has 0 saturated heterocycles. The molecule has 92 valence electrons. The Balaban J connectivity index is 2.07. The fraction of sp³-hybridized carbons (Fsp3) is 0.462. The van der Waals surface area contributed by atoms with Crippen LogP contribution in [-0.2, 0) is 7.05 Å². The maximum atomic E-state index is 4.39. The topological polar surface area (TPSA) is 29.9 Å². The Kier molecular flexibility index (Phi) is 3.97. The Morgan fingerprint density at radius 3 is 2.88 bits per heavy atom. The minimum atomic E-state index is 0.266. The average molecular weight is 249 g/mol. The number of aromatic nitrogens is 2. The van der Waals surface area contributed by atoms with E-state index in [9.17, 15) is 0 Å². The highest BCUT2D eigenvalue weighted by Crippen LogP contribution is 2.24. The zero-order valence-corrected chi connectivity index (χ0v) is 11.4. The fourth-order valence-electron chi connectivity index (χ4n) is 2.06. The third kappa shape index (κ3) is 2.76. The minimum absolute atomic E-state index is 0.266. The molecular weight excluding hydrogens is 230 g/mol. The largest absolute Gasteiger partial charge is 0.337 e. The highest BCUT2D eigenvalue weighted by molar-refractivity contribution is 7.10. The quantitative estimate of drug-likeness (QED) is 0.881. The molecule has 1 N–H and O–H groups in total. The van der Waals surface area contributed by atoms with Crippen molar-refractivity contribution in [3.05, 3.63) is 40.6 Å². The summed E-state index contributed by atoms with van der Waals surface area (Å²) >= 11 is 1.81. The average Bonchev–Trinajstić information content (AvgIpc) is 2.96. The first kappa shape index (κ1) is 12.3. The number of imidazole rings is 1. The van der Waals surface area contributed by atoms with Crippen molar-refractivity contribution < 1.29 is 0 Å². The van der Waals surface area contributed by atoms with Crippen LogP contribution >= 0.6 is 11.3 Å². The summed E-state index contributed by atoms with van der Waals surface area (Å²) in [5.41, 5.74) is 0. The van der Waals surface area contributed by atoms with E-state index < -0.39 is 0 Å². The van der Waals surface area contributed by atoms with Gasteiger partial charge in [0.2, 0.25) is 0 Å².